The molecule has 0 aromatic carbocycles. The minimum atomic E-state index is 0. The normalized spacial score (nSPS) is 4.11. The van der Waals surface area contributed by atoms with Gasteiger partial charge < -0.3 is 0 Å². The molecule has 0 fully saturated rings. The third-order valence-electron chi connectivity index (χ3n) is 0.200. The van der Waals surface area contributed by atoms with E-state index >= 15 is 0 Å². The standard InChI is InChI=1S/C4H4ClN.3CH4/c1-3-6-4(2)5;;;/h1-2H2;3*1H4. The second-order valence-electron chi connectivity index (χ2n) is 0.646. The number of halogens is 1. The maximum absolute atomic E-state index is 5.11. The molecule has 0 aliphatic heterocycles. The van der Waals surface area contributed by atoms with E-state index in [9.17, 15) is 0 Å². The van der Waals surface area contributed by atoms with Gasteiger partial charge in [-0.05, 0) is 12.4 Å². The molecule has 0 radical (unpaired) electrons. The van der Waals surface area contributed by atoms with Crippen LogP contribution in [0.5, 0.6) is 0 Å². The van der Waals surface area contributed by atoms with Gasteiger partial charge in [0.2, 0.25) is 0 Å². The Labute approximate surface area is 63.8 Å². The lowest BCUT2D eigenvalue weighted by Crippen LogP contribution is -1.49. The Morgan fingerprint density at radius 1 is 1.33 bits per heavy atom. The van der Waals surface area contributed by atoms with Crippen LogP contribution in [-0.2, 0) is 0 Å². The first kappa shape index (κ1) is 23.6. The highest BCUT2D eigenvalue weighted by atomic mass is 35.5. The van der Waals surface area contributed by atoms with E-state index in [4.69, 9.17) is 11.6 Å². The van der Waals surface area contributed by atoms with E-state index in [1.165, 1.54) is 0 Å². The molecule has 0 aromatic rings. The topological polar surface area (TPSA) is 12.4 Å². The number of hydrogen-bond donors (Lipinski definition) is 0. The molecule has 0 N–H and O–H groups in total. The molecule has 0 unspecified atom stereocenters. The summed E-state index contributed by atoms with van der Waals surface area (Å²) < 4.78 is 0. The van der Waals surface area contributed by atoms with E-state index in [1.807, 2.05) is 0 Å². The Morgan fingerprint density at radius 2 is 1.67 bits per heavy atom. The van der Waals surface area contributed by atoms with Gasteiger partial charge in [0, 0.05) is 0 Å². The Kier molecular flexibility index (Phi) is 41.1. The monoisotopic (exact) mass is 149 g/mol. The van der Waals surface area contributed by atoms with Gasteiger partial charge in [-0.1, -0.05) is 40.5 Å². The van der Waals surface area contributed by atoms with Crippen LogP contribution in [0, 0.1) is 0 Å². The fourth-order valence-electron chi connectivity index (χ4n) is 0.0858. The summed E-state index contributed by atoms with van der Waals surface area (Å²) in [6.07, 6.45) is 0. The molecular weight excluding hydrogens is 134 g/mol. The summed E-state index contributed by atoms with van der Waals surface area (Å²) >= 11 is 5.11. The van der Waals surface area contributed by atoms with Gasteiger partial charge in [-0.3, -0.25) is 0 Å². The van der Waals surface area contributed by atoms with Crippen LogP contribution >= 0.6 is 11.6 Å². The fraction of sp³-hybridized carbons (Fsp3) is 0.429. The van der Waals surface area contributed by atoms with Crippen molar-refractivity contribution in [2.24, 2.45) is 4.99 Å². The van der Waals surface area contributed by atoms with Crippen LogP contribution in [0.1, 0.15) is 22.3 Å². The number of nitrogens with zero attached hydrogens (tertiary/aromatic N) is 1. The van der Waals surface area contributed by atoms with Crippen molar-refractivity contribution in [2.75, 3.05) is 0 Å². The quantitative estimate of drug-likeness (QED) is 0.400. The molecule has 56 valence electrons. The molecule has 0 spiro atoms. The molecule has 1 nitrogen and oxygen atoms in total. The zero-order chi connectivity index (χ0) is 4.99. The van der Waals surface area contributed by atoms with Crippen molar-refractivity contribution in [3.63, 3.8) is 0 Å². The van der Waals surface area contributed by atoms with Crippen LogP contribution < -0.4 is 0 Å². The van der Waals surface area contributed by atoms with Crippen molar-refractivity contribution in [3.8, 4) is 0 Å². The molecule has 2 heteroatoms. The third kappa shape index (κ3) is 36.5. The van der Waals surface area contributed by atoms with Crippen molar-refractivity contribution in [3.05, 3.63) is 18.3 Å². The van der Waals surface area contributed by atoms with E-state index in [2.05, 4.69) is 24.0 Å². The lowest BCUT2D eigenvalue weighted by molar-refractivity contribution is 1.58. The maximum Gasteiger partial charge on any atom is 0.131 e. The summed E-state index contributed by atoms with van der Waals surface area (Å²) in [6.45, 7) is 6.41. The lowest BCUT2D eigenvalue weighted by Gasteiger charge is -1.68. The molecule has 0 aromatic heterocycles. The first-order chi connectivity index (χ1) is 2.77. The highest BCUT2D eigenvalue weighted by Crippen LogP contribution is 1.93. The SMILES string of the molecule is C.C.C.C=C=NC(=C)Cl. The molecule has 0 bridgehead atoms. The summed E-state index contributed by atoms with van der Waals surface area (Å²) in [4.78, 5) is 3.33. The van der Waals surface area contributed by atoms with E-state index < -0.39 is 0 Å². The highest BCUT2D eigenvalue weighted by molar-refractivity contribution is 6.29. The Hall–Kier alpha value is -0.520. The van der Waals surface area contributed by atoms with Gasteiger partial charge in [-0.15, -0.1) is 0 Å². The van der Waals surface area contributed by atoms with Gasteiger partial charge in [-0.2, -0.15) is 4.99 Å². The zero-order valence-corrected chi connectivity index (χ0v) is 4.00. The van der Waals surface area contributed by atoms with Gasteiger partial charge in [0.1, 0.15) is 5.16 Å². The molecule has 0 saturated carbocycles. The first-order valence-corrected chi connectivity index (χ1v) is 1.72. The second-order valence-corrected chi connectivity index (χ2v) is 1.08. The minimum absolute atomic E-state index is 0. The summed E-state index contributed by atoms with van der Waals surface area (Å²) in [6, 6.07) is 0. The van der Waals surface area contributed by atoms with Gasteiger partial charge in [0.05, 0.1) is 0 Å². The largest absolute Gasteiger partial charge is 0.195 e. The molecular formula is C7H16ClN. The average Bonchev–Trinajstić information content (AvgIpc) is 1.35. The maximum atomic E-state index is 5.11. The van der Waals surface area contributed by atoms with E-state index in [0.717, 1.165) is 0 Å². The lowest BCUT2D eigenvalue weighted by atomic mass is 11.0. The molecule has 0 aliphatic rings. The Balaban J connectivity index is -0.0000000417. The van der Waals surface area contributed by atoms with Gasteiger partial charge in [0.15, 0.2) is 0 Å². The van der Waals surface area contributed by atoms with Crippen molar-refractivity contribution < 1.29 is 0 Å². The van der Waals surface area contributed by atoms with E-state index in [-0.39, 0.29) is 27.4 Å². The molecule has 9 heavy (non-hydrogen) atoms. The molecule has 0 heterocycles. The average molecular weight is 150 g/mol. The summed E-state index contributed by atoms with van der Waals surface area (Å²) in [5, 5.41) is 0.213. The second kappa shape index (κ2) is 15.6. The minimum Gasteiger partial charge on any atom is -0.195 e. The van der Waals surface area contributed by atoms with Crippen LogP contribution in [0.15, 0.2) is 23.3 Å². The first-order valence-electron chi connectivity index (χ1n) is 1.34. The fourth-order valence-corrected chi connectivity index (χ4v) is 0.146. The van der Waals surface area contributed by atoms with Crippen LogP contribution in [0.3, 0.4) is 0 Å². The zero-order valence-electron chi connectivity index (χ0n) is 3.24. The molecule has 0 amide bonds. The van der Waals surface area contributed by atoms with Gasteiger partial charge in [0.25, 0.3) is 0 Å². The number of hydrogen-bond acceptors (Lipinski definition) is 1. The van der Waals surface area contributed by atoms with E-state index in [0.29, 0.717) is 0 Å². The van der Waals surface area contributed by atoms with Crippen molar-refractivity contribution >= 4 is 17.5 Å². The number of aliphatic imine (C=N–C) groups is 1. The van der Waals surface area contributed by atoms with Crippen molar-refractivity contribution in [1.29, 1.82) is 0 Å². The highest BCUT2D eigenvalue weighted by Gasteiger charge is 1.67. The van der Waals surface area contributed by atoms with Crippen LogP contribution in [-0.4, -0.2) is 5.87 Å². The predicted octanol–water partition coefficient (Wildman–Crippen LogP) is 3.46. The number of rotatable bonds is 1. The molecule has 0 saturated heterocycles. The van der Waals surface area contributed by atoms with Gasteiger partial charge in [-0.25, -0.2) is 0 Å². The van der Waals surface area contributed by atoms with Crippen LogP contribution in [0.25, 0.3) is 0 Å². The third-order valence-corrected chi connectivity index (χ3v) is 0.285. The van der Waals surface area contributed by atoms with Crippen molar-refractivity contribution in [2.45, 2.75) is 22.3 Å². The Bertz CT molecular complexity index is 101. The smallest absolute Gasteiger partial charge is 0.131 e. The molecule has 0 atom stereocenters. The Morgan fingerprint density at radius 3 is 1.67 bits per heavy atom. The van der Waals surface area contributed by atoms with Gasteiger partial charge >= 0.3 is 0 Å². The predicted molar refractivity (Wildman–Crippen MR) is 48.2 cm³/mol. The van der Waals surface area contributed by atoms with Crippen LogP contribution in [0.2, 0.25) is 0 Å². The summed E-state index contributed by atoms with van der Waals surface area (Å²) in [7, 11) is 0. The molecule has 0 aliphatic carbocycles. The summed E-state index contributed by atoms with van der Waals surface area (Å²) in [5.41, 5.74) is 0. The van der Waals surface area contributed by atoms with E-state index in [1.54, 1.807) is 0 Å². The van der Waals surface area contributed by atoms with Crippen molar-refractivity contribution in [1.82, 2.24) is 0 Å². The van der Waals surface area contributed by atoms with Crippen LogP contribution in [0.4, 0.5) is 0 Å². The molecule has 0 rings (SSSR count). The summed E-state index contributed by atoms with van der Waals surface area (Å²) in [5.74, 6) is 2.21.